The third-order valence-electron chi connectivity index (χ3n) is 2.98. The molecule has 0 aliphatic carbocycles. The fourth-order valence-corrected chi connectivity index (χ4v) is 3.28. The number of carboxylic acid groups (broad SMARTS) is 1. The number of halogens is 2. The lowest BCUT2D eigenvalue weighted by Gasteiger charge is -2.02. The van der Waals surface area contributed by atoms with Gasteiger partial charge in [-0.3, -0.25) is 0 Å². The summed E-state index contributed by atoms with van der Waals surface area (Å²) in [6.07, 6.45) is 0. The molecule has 1 heterocycles. The van der Waals surface area contributed by atoms with E-state index in [1.807, 2.05) is 6.07 Å². The number of fused-ring (bicyclic) bond motifs is 1. The summed E-state index contributed by atoms with van der Waals surface area (Å²) in [6, 6.07) is 9.88. The standard InChI is InChI=1S/C15H9Cl2NO3S/c16-10-3-1-9(11(17)6-10)7-22-15-18-12-5-8(14(19)20)2-4-13(12)21-15/h1-6H,7H2,(H,19,20). The Labute approximate surface area is 140 Å². The second-order valence-corrected chi connectivity index (χ2v) is 6.26. The van der Waals surface area contributed by atoms with Crippen LogP contribution in [0.5, 0.6) is 0 Å². The van der Waals surface area contributed by atoms with Crippen molar-refractivity contribution in [1.82, 2.24) is 4.98 Å². The van der Waals surface area contributed by atoms with Gasteiger partial charge in [-0.1, -0.05) is 41.0 Å². The van der Waals surface area contributed by atoms with Crippen LogP contribution in [0.3, 0.4) is 0 Å². The molecule has 3 aromatic rings. The zero-order chi connectivity index (χ0) is 15.7. The largest absolute Gasteiger partial charge is 0.478 e. The van der Waals surface area contributed by atoms with E-state index in [4.69, 9.17) is 32.7 Å². The van der Waals surface area contributed by atoms with Crippen molar-refractivity contribution >= 4 is 52.0 Å². The highest BCUT2D eigenvalue weighted by Gasteiger charge is 2.11. The highest BCUT2D eigenvalue weighted by molar-refractivity contribution is 7.98. The minimum atomic E-state index is -0.993. The van der Waals surface area contributed by atoms with Crippen molar-refractivity contribution in [1.29, 1.82) is 0 Å². The van der Waals surface area contributed by atoms with Crippen LogP contribution in [0.2, 0.25) is 10.0 Å². The van der Waals surface area contributed by atoms with Gasteiger partial charge in [0.05, 0.1) is 5.56 Å². The first kappa shape index (κ1) is 15.2. The molecule has 1 aromatic heterocycles. The number of thioether (sulfide) groups is 1. The summed E-state index contributed by atoms with van der Waals surface area (Å²) < 4.78 is 5.58. The van der Waals surface area contributed by atoms with E-state index < -0.39 is 5.97 Å². The maximum atomic E-state index is 10.9. The van der Waals surface area contributed by atoms with Gasteiger partial charge in [0.25, 0.3) is 5.22 Å². The Balaban J connectivity index is 1.80. The molecule has 0 amide bonds. The molecule has 112 valence electrons. The van der Waals surface area contributed by atoms with E-state index in [2.05, 4.69) is 4.98 Å². The van der Waals surface area contributed by atoms with Gasteiger partial charge in [0.1, 0.15) is 5.52 Å². The number of benzene rings is 2. The number of hydrogen-bond acceptors (Lipinski definition) is 4. The summed E-state index contributed by atoms with van der Waals surface area (Å²) in [5, 5.41) is 10.6. The van der Waals surface area contributed by atoms with Crippen LogP contribution in [-0.4, -0.2) is 16.1 Å². The molecule has 4 nitrogen and oxygen atoms in total. The highest BCUT2D eigenvalue weighted by Crippen LogP contribution is 2.30. The average molecular weight is 354 g/mol. The van der Waals surface area contributed by atoms with Crippen LogP contribution in [0.25, 0.3) is 11.1 Å². The first-order valence-electron chi connectivity index (χ1n) is 6.23. The lowest BCUT2D eigenvalue weighted by atomic mass is 10.2. The summed E-state index contributed by atoms with van der Waals surface area (Å²) in [7, 11) is 0. The smallest absolute Gasteiger partial charge is 0.335 e. The van der Waals surface area contributed by atoms with Crippen molar-refractivity contribution in [2.24, 2.45) is 0 Å². The van der Waals surface area contributed by atoms with Crippen LogP contribution < -0.4 is 0 Å². The maximum absolute atomic E-state index is 10.9. The van der Waals surface area contributed by atoms with Gasteiger partial charge in [0.15, 0.2) is 5.58 Å². The van der Waals surface area contributed by atoms with E-state index in [-0.39, 0.29) is 5.56 Å². The van der Waals surface area contributed by atoms with Gasteiger partial charge in [-0.2, -0.15) is 0 Å². The molecule has 0 atom stereocenters. The Bertz CT molecular complexity index is 863. The fraction of sp³-hybridized carbons (Fsp3) is 0.0667. The molecule has 22 heavy (non-hydrogen) atoms. The first-order valence-corrected chi connectivity index (χ1v) is 7.98. The average Bonchev–Trinajstić information content (AvgIpc) is 2.88. The van der Waals surface area contributed by atoms with Gasteiger partial charge in [0, 0.05) is 15.8 Å². The number of rotatable bonds is 4. The lowest BCUT2D eigenvalue weighted by molar-refractivity contribution is 0.0697. The molecule has 0 radical (unpaired) electrons. The Kier molecular flexibility index (Phi) is 4.29. The molecule has 0 saturated heterocycles. The molecular formula is C15H9Cl2NO3S. The maximum Gasteiger partial charge on any atom is 0.335 e. The Morgan fingerprint density at radius 3 is 2.77 bits per heavy atom. The predicted octanol–water partition coefficient (Wildman–Crippen LogP) is 5.13. The normalized spacial score (nSPS) is 11.0. The van der Waals surface area contributed by atoms with Crippen molar-refractivity contribution in [2.75, 3.05) is 0 Å². The topological polar surface area (TPSA) is 63.3 Å². The van der Waals surface area contributed by atoms with Crippen LogP contribution in [0.1, 0.15) is 15.9 Å². The second-order valence-electron chi connectivity index (χ2n) is 4.49. The Hall–Kier alpha value is -1.69. The zero-order valence-electron chi connectivity index (χ0n) is 11.0. The number of hydrogen-bond donors (Lipinski definition) is 1. The van der Waals surface area contributed by atoms with Crippen molar-refractivity contribution in [2.45, 2.75) is 11.0 Å². The van der Waals surface area contributed by atoms with Gasteiger partial charge >= 0.3 is 5.97 Å². The second kappa shape index (κ2) is 6.20. The summed E-state index contributed by atoms with van der Waals surface area (Å²) in [4.78, 5) is 15.2. The number of oxazole rings is 1. The molecule has 7 heteroatoms. The monoisotopic (exact) mass is 353 g/mol. The molecule has 0 fully saturated rings. The molecule has 1 N–H and O–H groups in total. The molecule has 2 aromatic carbocycles. The van der Waals surface area contributed by atoms with Crippen LogP contribution in [0.4, 0.5) is 0 Å². The van der Waals surface area contributed by atoms with E-state index in [0.717, 1.165) is 5.56 Å². The van der Waals surface area contributed by atoms with E-state index in [0.29, 0.717) is 32.1 Å². The number of nitrogens with zero attached hydrogens (tertiary/aromatic N) is 1. The molecular weight excluding hydrogens is 345 g/mol. The van der Waals surface area contributed by atoms with Crippen LogP contribution in [-0.2, 0) is 5.75 Å². The van der Waals surface area contributed by atoms with Gasteiger partial charge in [-0.25, -0.2) is 9.78 Å². The lowest BCUT2D eigenvalue weighted by Crippen LogP contribution is -1.94. The summed E-state index contributed by atoms with van der Waals surface area (Å²) in [6.45, 7) is 0. The van der Waals surface area contributed by atoms with Crippen LogP contribution >= 0.6 is 35.0 Å². The minimum absolute atomic E-state index is 0.179. The predicted molar refractivity (Wildman–Crippen MR) is 87.0 cm³/mol. The van der Waals surface area contributed by atoms with E-state index in [1.54, 1.807) is 18.2 Å². The van der Waals surface area contributed by atoms with Gasteiger partial charge in [-0.05, 0) is 35.9 Å². The molecule has 0 saturated carbocycles. The summed E-state index contributed by atoms with van der Waals surface area (Å²) in [5.74, 6) is -0.415. The van der Waals surface area contributed by atoms with Crippen molar-refractivity contribution in [3.8, 4) is 0 Å². The molecule has 0 aliphatic heterocycles. The third-order valence-corrected chi connectivity index (χ3v) is 4.45. The molecule has 0 spiro atoms. The number of carbonyl (C=O) groups is 1. The van der Waals surface area contributed by atoms with E-state index in [1.165, 1.54) is 23.9 Å². The quantitative estimate of drug-likeness (QED) is 0.659. The fourth-order valence-electron chi connectivity index (χ4n) is 1.88. The zero-order valence-corrected chi connectivity index (χ0v) is 13.4. The van der Waals surface area contributed by atoms with Gasteiger partial charge < -0.3 is 9.52 Å². The highest BCUT2D eigenvalue weighted by atomic mass is 35.5. The van der Waals surface area contributed by atoms with Crippen LogP contribution in [0.15, 0.2) is 46.0 Å². The first-order chi connectivity index (χ1) is 10.5. The molecule has 3 rings (SSSR count). The van der Waals surface area contributed by atoms with Crippen LogP contribution in [0, 0.1) is 0 Å². The molecule has 0 bridgehead atoms. The van der Waals surface area contributed by atoms with E-state index >= 15 is 0 Å². The number of aromatic carboxylic acids is 1. The third kappa shape index (κ3) is 3.21. The molecule has 0 unspecified atom stereocenters. The number of aromatic nitrogens is 1. The van der Waals surface area contributed by atoms with Crippen molar-refractivity contribution in [3.63, 3.8) is 0 Å². The Morgan fingerprint density at radius 1 is 1.23 bits per heavy atom. The summed E-state index contributed by atoms with van der Waals surface area (Å²) in [5.41, 5.74) is 2.17. The molecule has 0 aliphatic rings. The van der Waals surface area contributed by atoms with Gasteiger partial charge in [-0.15, -0.1) is 0 Å². The van der Waals surface area contributed by atoms with E-state index in [9.17, 15) is 4.79 Å². The van der Waals surface area contributed by atoms with Gasteiger partial charge in [0.2, 0.25) is 0 Å². The summed E-state index contributed by atoms with van der Waals surface area (Å²) >= 11 is 13.4. The minimum Gasteiger partial charge on any atom is -0.478 e. The SMILES string of the molecule is O=C(O)c1ccc2oc(SCc3ccc(Cl)cc3Cl)nc2c1. The van der Waals surface area contributed by atoms with Crippen molar-refractivity contribution < 1.29 is 14.3 Å². The number of carboxylic acids is 1. The van der Waals surface area contributed by atoms with Crippen molar-refractivity contribution in [3.05, 3.63) is 57.6 Å². The Morgan fingerprint density at radius 2 is 2.05 bits per heavy atom.